The molecule has 3 fully saturated rings. The summed E-state index contributed by atoms with van der Waals surface area (Å²) in [4.78, 5) is 13.2. The van der Waals surface area contributed by atoms with Crippen LogP contribution >= 0.6 is 0 Å². The predicted octanol–water partition coefficient (Wildman–Crippen LogP) is 0.988. The first-order valence-electron chi connectivity index (χ1n) is 5.33. The molecule has 1 saturated carbocycles. The molecule has 80 valence electrons. The Morgan fingerprint density at radius 1 is 1.57 bits per heavy atom. The topological polar surface area (TPSA) is 49.8 Å². The number of amides is 1. The summed E-state index contributed by atoms with van der Waals surface area (Å²) in [6.45, 7) is 2.97. The maximum Gasteiger partial charge on any atom is 0.410 e. The van der Waals surface area contributed by atoms with Crippen molar-refractivity contribution >= 4 is 6.09 Å². The number of hydrogen-bond acceptors (Lipinski definition) is 3. The van der Waals surface area contributed by atoms with Crippen LogP contribution in [0.4, 0.5) is 4.79 Å². The van der Waals surface area contributed by atoms with Crippen molar-refractivity contribution in [3.8, 4) is 0 Å². The van der Waals surface area contributed by atoms with E-state index in [1.54, 1.807) is 11.8 Å². The van der Waals surface area contributed by atoms with E-state index in [4.69, 9.17) is 4.74 Å². The van der Waals surface area contributed by atoms with Gasteiger partial charge in [-0.1, -0.05) is 0 Å². The Morgan fingerprint density at radius 3 is 2.93 bits per heavy atom. The molecule has 0 spiro atoms. The molecule has 0 aromatic heterocycles. The number of carbonyl (C=O) groups excluding carboxylic acids is 1. The Morgan fingerprint density at radius 2 is 2.36 bits per heavy atom. The smallest absolute Gasteiger partial charge is 0.410 e. The van der Waals surface area contributed by atoms with Crippen LogP contribution in [0.2, 0.25) is 0 Å². The minimum absolute atomic E-state index is 0.000880. The highest BCUT2D eigenvalue weighted by Gasteiger charge is 2.42. The molecule has 0 aromatic carbocycles. The van der Waals surface area contributed by atoms with Crippen molar-refractivity contribution in [2.24, 2.45) is 5.92 Å². The first-order valence-corrected chi connectivity index (χ1v) is 5.33. The summed E-state index contributed by atoms with van der Waals surface area (Å²) in [6, 6.07) is -0.000880. The molecule has 2 heterocycles. The molecule has 4 heteroatoms. The van der Waals surface area contributed by atoms with Gasteiger partial charge >= 0.3 is 6.09 Å². The lowest BCUT2D eigenvalue weighted by Gasteiger charge is -2.47. The zero-order valence-corrected chi connectivity index (χ0v) is 8.48. The van der Waals surface area contributed by atoms with Crippen LogP contribution in [0.25, 0.3) is 0 Å². The Labute approximate surface area is 83.8 Å². The lowest BCUT2D eigenvalue weighted by Crippen LogP contribution is -2.57. The maximum absolute atomic E-state index is 11.5. The molecule has 3 unspecified atom stereocenters. The fraction of sp³-hybridized carbons (Fsp3) is 0.900. The van der Waals surface area contributed by atoms with Crippen LogP contribution in [0.5, 0.6) is 0 Å². The Balaban J connectivity index is 2.03. The van der Waals surface area contributed by atoms with E-state index in [2.05, 4.69) is 0 Å². The number of carbonyl (C=O) groups is 1. The summed E-state index contributed by atoms with van der Waals surface area (Å²) < 4.78 is 4.96. The lowest BCUT2D eigenvalue weighted by molar-refractivity contribution is -0.0485. The zero-order chi connectivity index (χ0) is 10.1. The predicted molar refractivity (Wildman–Crippen MR) is 50.9 cm³/mol. The second-order valence-corrected chi connectivity index (χ2v) is 4.17. The van der Waals surface area contributed by atoms with Gasteiger partial charge in [-0.2, -0.15) is 0 Å². The van der Waals surface area contributed by atoms with E-state index >= 15 is 0 Å². The molecule has 2 saturated heterocycles. The van der Waals surface area contributed by atoms with Crippen LogP contribution < -0.4 is 0 Å². The zero-order valence-electron chi connectivity index (χ0n) is 8.48. The van der Waals surface area contributed by atoms with Crippen molar-refractivity contribution in [3.63, 3.8) is 0 Å². The molecule has 2 bridgehead atoms. The summed E-state index contributed by atoms with van der Waals surface area (Å²) >= 11 is 0. The van der Waals surface area contributed by atoms with Gasteiger partial charge in [0.25, 0.3) is 0 Å². The fourth-order valence-electron chi connectivity index (χ4n) is 2.57. The van der Waals surface area contributed by atoms with Crippen LogP contribution in [0.1, 0.15) is 26.2 Å². The molecular formula is C10H17NO3. The summed E-state index contributed by atoms with van der Waals surface area (Å²) in [5, 5.41) is 9.74. The van der Waals surface area contributed by atoms with Gasteiger partial charge in [-0.15, -0.1) is 0 Å². The number of aliphatic hydroxyl groups is 1. The van der Waals surface area contributed by atoms with E-state index < -0.39 is 0 Å². The molecule has 14 heavy (non-hydrogen) atoms. The summed E-state index contributed by atoms with van der Waals surface area (Å²) in [5.74, 6) is 0.472. The molecule has 0 aromatic rings. The molecule has 1 aliphatic carbocycles. The van der Waals surface area contributed by atoms with Crippen LogP contribution in [0, 0.1) is 5.92 Å². The molecule has 2 aliphatic heterocycles. The number of rotatable bonds is 1. The first-order chi connectivity index (χ1) is 6.72. The van der Waals surface area contributed by atoms with Gasteiger partial charge in [0.05, 0.1) is 18.8 Å². The average molecular weight is 199 g/mol. The lowest BCUT2D eigenvalue weighted by atomic mass is 9.78. The first kappa shape index (κ1) is 9.77. The average Bonchev–Trinajstić information content (AvgIpc) is 2.18. The number of fused-ring (bicyclic) bond motifs is 3. The standard InChI is InChI=1S/C10H17NO3/c1-2-14-10(13)11-6-7-3-4-8(11)9(12)5-7/h7-9,12H,2-6H2,1H3. The Hall–Kier alpha value is -0.770. The maximum atomic E-state index is 11.5. The van der Waals surface area contributed by atoms with E-state index in [1.165, 1.54) is 0 Å². The Kier molecular flexibility index (Phi) is 2.63. The normalized spacial score (nSPS) is 35.9. The van der Waals surface area contributed by atoms with Gasteiger partial charge in [0.2, 0.25) is 0 Å². The number of nitrogens with zero attached hydrogens (tertiary/aromatic N) is 1. The van der Waals surface area contributed by atoms with E-state index in [9.17, 15) is 9.90 Å². The van der Waals surface area contributed by atoms with E-state index in [0.717, 1.165) is 25.8 Å². The van der Waals surface area contributed by atoms with Crippen LogP contribution in [-0.2, 0) is 4.74 Å². The van der Waals surface area contributed by atoms with Crippen molar-refractivity contribution in [3.05, 3.63) is 0 Å². The molecule has 3 rings (SSSR count). The monoisotopic (exact) mass is 199 g/mol. The third kappa shape index (κ3) is 1.59. The molecular weight excluding hydrogens is 182 g/mol. The van der Waals surface area contributed by atoms with Crippen molar-refractivity contribution < 1.29 is 14.6 Å². The summed E-state index contributed by atoms with van der Waals surface area (Å²) in [6.07, 6.45) is 2.30. The number of ether oxygens (including phenoxy) is 1. The SMILES string of the molecule is CCOC(=O)N1CC2CCC1C(O)C2. The van der Waals surface area contributed by atoms with E-state index in [1.807, 2.05) is 0 Å². The van der Waals surface area contributed by atoms with Crippen molar-refractivity contribution in [1.82, 2.24) is 4.90 Å². The molecule has 0 radical (unpaired) electrons. The van der Waals surface area contributed by atoms with Gasteiger partial charge in [-0.3, -0.25) is 0 Å². The highest BCUT2D eigenvalue weighted by Crippen LogP contribution is 2.35. The van der Waals surface area contributed by atoms with E-state index in [-0.39, 0.29) is 18.2 Å². The van der Waals surface area contributed by atoms with Crippen LogP contribution in [0.15, 0.2) is 0 Å². The number of hydrogen-bond donors (Lipinski definition) is 1. The minimum atomic E-state index is -0.341. The van der Waals surface area contributed by atoms with Gasteiger partial charge < -0.3 is 14.7 Å². The summed E-state index contributed by atoms with van der Waals surface area (Å²) in [5.41, 5.74) is 0. The van der Waals surface area contributed by atoms with Crippen LogP contribution in [0.3, 0.4) is 0 Å². The highest BCUT2D eigenvalue weighted by molar-refractivity contribution is 5.68. The molecule has 4 nitrogen and oxygen atoms in total. The van der Waals surface area contributed by atoms with Crippen molar-refractivity contribution in [1.29, 1.82) is 0 Å². The second-order valence-electron chi connectivity index (χ2n) is 4.17. The molecule has 3 aliphatic rings. The quantitative estimate of drug-likeness (QED) is 0.685. The van der Waals surface area contributed by atoms with Gasteiger partial charge in [0, 0.05) is 6.54 Å². The molecule has 3 atom stereocenters. The summed E-state index contributed by atoms with van der Waals surface area (Å²) in [7, 11) is 0. The van der Waals surface area contributed by atoms with Gasteiger partial charge in [-0.25, -0.2) is 4.79 Å². The Bertz CT molecular complexity index is 231. The highest BCUT2D eigenvalue weighted by atomic mass is 16.6. The fourth-order valence-corrected chi connectivity index (χ4v) is 2.57. The van der Waals surface area contributed by atoms with Crippen LogP contribution in [-0.4, -0.2) is 41.4 Å². The third-order valence-corrected chi connectivity index (χ3v) is 3.25. The minimum Gasteiger partial charge on any atom is -0.450 e. The second kappa shape index (κ2) is 3.77. The van der Waals surface area contributed by atoms with Crippen molar-refractivity contribution in [2.75, 3.05) is 13.2 Å². The molecule has 1 amide bonds. The number of piperidine rings is 2. The number of aliphatic hydroxyl groups excluding tert-OH is 1. The van der Waals surface area contributed by atoms with Gasteiger partial charge in [0.15, 0.2) is 0 Å². The van der Waals surface area contributed by atoms with Crippen molar-refractivity contribution in [2.45, 2.75) is 38.3 Å². The molecule has 1 N–H and O–H groups in total. The van der Waals surface area contributed by atoms with Gasteiger partial charge in [-0.05, 0) is 32.1 Å². The largest absolute Gasteiger partial charge is 0.450 e. The van der Waals surface area contributed by atoms with Gasteiger partial charge in [0.1, 0.15) is 0 Å². The third-order valence-electron chi connectivity index (χ3n) is 3.25. The van der Waals surface area contributed by atoms with E-state index in [0.29, 0.717) is 12.5 Å².